The van der Waals surface area contributed by atoms with Crippen molar-refractivity contribution in [2.45, 2.75) is 82.6 Å². The van der Waals surface area contributed by atoms with Gasteiger partial charge in [-0.25, -0.2) is 0 Å². The van der Waals surface area contributed by atoms with Gasteiger partial charge in [-0.1, -0.05) is 82.6 Å². The lowest BCUT2D eigenvalue weighted by Crippen LogP contribution is -1.66. The van der Waals surface area contributed by atoms with Gasteiger partial charge in [-0.15, -0.1) is 0 Å². The SMILES string of the molecule is CC.CC.CC.CC(C)C.CCC.[2HH].[B]. The minimum Gasteiger partial charge on any atom is -0.0683 e. The molecule has 0 fully saturated rings. The lowest BCUT2D eigenvalue weighted by Gasteiger charge is -1.79. The normalized spacial score (nSPS) is 5.14. The summed E-state index contributed by atoms with van der Waals surface area (Å²) in [6, 6.07) is 0. The zero-order chi connectivity index (χ0) is 12.3. The molecule has 0 spiro atoms. The van der Waals surface area contributed by atoms with Gasteiger partial charge in [0.15, 0.2) is 0 Å². The highest BCUT2D eigenvalue weighted by molar-refractivity contribution is 5.75. The van der Waals surface area contributed by atoms with Crippen LogP contribution in [-0.4, -0.2) is 8.41 Å². The molecule has 3 radical (unpaired) electrons. The van der Waals surface area contributed by atoms with Crippen LogP contribution in [0, 0.1) is 5.92 Å². The van der Waals surface area contributed by atoms with Gasteiger partial charge in [-0.3, -0.25) is 0 Å². The molecule has 0 aromatic rings. The van der Waals surface area contributed by atoms with Gasteiger partial charge in [0, 0.05) is 9.84 Å². The topological polar surface area (TPSA) is 0 Å². The van der Waals surface area contributed by atoms with E-state index in [9.17, 15) is 0 Å². The fraction of sp³-hybridized carbons (Fsp3) is 1.00. The Morgan fingerprint density at radius 3 is 0.714 bits per heavy atom. The van der Waals surface area contributed by atoms with Crippen LogP contribution in [0.4, 0.5) is 0 Å². The predicted octanol–water partition coefficient (Wildman–Crippen LogP) is 6.02. The predicted molar refractivity (Wildman–Crippen MR) is 78.4 cm³/mol. The maximum Gasteiger partial charge on any atom is 0 e. The van der Waals surface area contributed by atoms with Gasteiger partial charge in [0.05, 0.1) is 0 Å². The minimum absolute atomic E-state index is 0. The zero-order valence-electron chi connectivity index (χ0n) is 12.9. The molecular weight excluding hydrogens is 167 g/mol. The summed E-state index contributed by atoms with van der Waals surface area (Å²) in [5.74, 6) is 0.833. The summed E-state index contributed by atoms with van der Waals surface area (Å²) in [6.45, 7) is 22.8. The van der Waals surface area contributed by atoms with Crippen LogP contribution in [0.5, 0.6) is 0 Å². The van der Waals surface area contributed by atoms with E-state index < -0.39 is 0 Å². The third-order valence-electron chi connectivity index (χ3n) is 0. The van der Waals surface area contributed by atoms with Gasteiger partial charge in [0.1, 0.15) is 0 Å². The van der Waals surface area contributed by atoms with E-state index in [0.717, 1.165) is 5.92 Å². The first-order valence-electron chi connectivity index (χ1n) is 6.15. The van der Waals surface area contributed by atoms with Crippen molar-refractivity contribution in [3.05, 3.63) is 0 Å². The molecule has 0 amide bonds. The minimum atomic E-state index is 0. The van der Waals surface area contributed by atoms with Crippen molar-refractivity contribution in [1.82, 2.24) is 0 Å². The summed E-state index contributed by atoms with van der Waals surface area (Å²) in [5, 5.41) is 0. The van der Waals surface area contributed by atoms with E-state index in [2.05, 4.69) is 34.6 Å². The molecule has 0 rings (SSSR count). The molecule has 0 saturated heterocycles. The largest absolute Gasteiger partial charge is 0.0683 e. The first kappa shape index (κ1) is 36.9. The number of hydrogen-bond acceptors (Lipinski definition) is 0. The van der Waals surface area contributed by atoms with Crippen LogP contribution in [0.1, 0.15) is 84.0 Å². The maximum atomic E-state index is 2.17. The quantitative estimate of drug-likeness (QED) is 0.425. The highest BCUT2D eigenvalue weighted by Crippen LogP contribution is 1.81. The smallest absolute Gasteiger partial charge is 0 e. The molecule has 0 unspecified atom stereocenters. The van der Waals surface area contributed by atoms with Gasteiger partial charge < -0.3 is 0 Å². The van der Waals surface area contributed by atoms with Crippen LogP contribution >= 0.6 is 0 Å². The van der Waals surface area contributed by atoms with Gasteiger partial charge in [-0.2, -0.15) is 0 Å². The maximum absolute atomic E-state index is 2.17. The van der Waals surface area contributed by atoms with Crippen molar-refractivity contribution in [2.75, 3.05) is 0 Å². The van der Waals surface area contributed by atoms with Gasteiger partial charge >= 0.3 is 0 Å². The van der Waals surface area contributed by atoms with Crippen molar-refractivity contribution >= 4 is 8.41 Å². The highest BCUT2D eigenvalue weighted by atomic mass is 13.7. The van der Waals surface area contributed by atoms with E-state index in [1.54, 1.807) is 0 Å². The van der Waals surface area contributed by atoms with E-state index in [4.69, 9.17) is 0 Å². The third-order valence-corrected chi connectivity index (χ3v) is 0. The standard InChI is InChI=1S/C4H10.C3H8.3C2H6.B.H2/c1-4(2)3;1-3-2;3*1-2;;/h4H,1-3H3;3H2,1-2H3;3*1-2H3;;1H/i;;;;;;1+1. The van der Waals surface area contributed by atoms with Gasteiger partial charge in [-0.05, 0) is 5.92 Å². The van der Waals surface area contributed by atoms with Crippen LogP contribution < -0.4 is 0 Å². The summed E-state index contributed by atoms with van der Waals surface area (Å²) < 4.78 is 0. The Morgan fingerprint density at radius 2 is 0.714 bits per heavy atom. The molecule has 0 aliphatic rings. The van der Waals surface area contributed by atoms with Crippen molar-refractivity contribution in [3.8, 4) is 0 Å². The van der Waals surface area contributed by atoms with Gasteiger partial charge in [0.2, 0.25) is 0 Å². The van der Waals surface area contributed by atoms with E-state index in [0.29, 0.717) is 0 Å². The Balaban J connectivity index is -0.0000000107. The molecule has 0 bridgehead atoms. The van der Waals surface area contributed by atoms with Gasteiger partial charge in [0.25, 0.3) is 0 Å². The van der Waals surface area contributed by atoms with Crippen molar-refractivity contribution in [1.29, 1.82) is 0 Å². The molecule has 0 atom stereocenters. The Morgan fingerprint density at radius 1 is 0.714 bits per heavy atom. The van der Waals surface area contributed by atoms with E-state index in [1.807, 2.05) is 41.5 Å². The number of rotatable bonds is 0. The summed E-state index contributed by atoms with van der Waals surface area (Å²) in [7, 11) is 0. The molecule has 1 heteroatoms. The zero-order valence-corrected chi connectivity index (χ0v) is 12.9. The molecule has 0 nitrogen and oxygen atoms in total. The van der Waals surface area contributed by atoms with E-state index in [-0.39, 0.29) is 9.84 Å². The Kier molecular flexibility index (Phi) is 303. The lowest BCUT2D eigenvalue weighted by atomic mass is 10.3. The Bertz CT molecular complexity index is 21.7. The molecule has 0 aliphatic carbocycles. The molecule has 0 N–H and O–H groups in total. The molecule has 0 aromatic carbocycles. The Hall–Kier alpha value is 0.0649. The van der Waals surface area contributed by atoms with Crippen LogP contribution in [0.2, 0.25) is 0 Å². The molecule has 0 aliphatic heterocycles. The second kappa shape index (κ2) is 115. The monoisotopic (exact) mass is 206 g/mol. The lowest BCUT2D eigenvalue weighted by molar-refractivity contribution is 0.737. The average molecular weight is 206 g/mol. The van der Waals surface area contributed by atoms with Crippen molar-refractivity contribution in [2.24, 2.45) is 5.92 Å². The summed E-state index contributed by atoms with van der Waals surface area (Å²) >= 11 is 0. The molecule has 0 saturated carbocycles. The van der Waals surface area contributed by atoms with E-state index in [1.165, 1.54) is 6.42 Å². The first-order chi connectivity index (χ1) is 6.15. The van der Waals surface area contributed by atoms with Crippen LogP contribution in [-0.2, 0) is 0 Å². The molecular formula is C13H38B. The molecule has 14 heavy (non-hydrogen) atoms. The van der Waals surface area contributed by atoms with Crippen molar-refractivity contribution in [3.63, 3.8) is 0 Å². The molecule has 0 heterocycles. The molecule has 93 valence electrons. The van der Waals surface area contributed by atoms with Crippen LogP contribution in [0.15, 0.2) is 0 Å². The summed E-state index contributed by atoms with van der Waals surface area (Å²) in [4.78, 5) is 0. The van der Waals surface area contributed by atoms with Crippen LogP contribution in [0.3, 0.4) is 0 Å². The van der Waals surface area contributed by atoms with Crippen LogP contribution in [0.25, 0.3) is 0 Å². The van der Waals surface area contributed by atoms with Crippen molar-refractivity contribution < 1.29 is 1.43 Å². The second-order valence-corrected chi connectivity index (χ2v) is 2.44. The molecule has 0 aromatic heterocycles. The second-order valence-electron chi connectivity index (χ2n) is 2.44. The highest BCUT2D eigenvalue weighted by Gasteiger charge is 1.68. The fourth-order valence-corrected chi connectivity index (χ4v) is 0. The Labute approximate surface area is 98.9 Å². The summed E-state index contributed by atoms with van der Waals surface area (Å²) in [6.07, 6.45) is 1.25. The third kappa shape index (κ3) is 350000. The average Bonchev–Trinajstić information content (AvgIpc) is 2.14. The number of hydrogen-bond donors (Lipinski definition) is 0. The van der Waals surface area contributed by atoms with E-state index >= 15 is 0 Å². The summed E-state index contributed by atoms with van der Waals surface area (Å²) in [5.41, 5.74) is 0. The fourth-order valence-electron chi connectivity index (χ4n) is 0. The first-order valence-corrected chi connectivity index (χ1v) is 6.15.